The van der Waals surface area contributed by atoms with Gasteiger partial charge in [-0.15, -0.1) is 0 Å². The first-order valence-corrected chi connectivity index (χ1v) is 13.6. The van der Waals surface area contributed by atoms with Crippen LogP contribution in [0.4, 0.5) is 0 Å². The zero-order chi connectivity index (χ0) is 26.8. The van der Waals surface area contributed by atoms with Gasteiger partial charge in [0.25, 0.3) is 0 Å². The molecule has 0 unspecified atom stereocenters. The molecule has 6 rings (SSSR count). The molecule has 0 amide bonds. The Morgan fingerprint density at radius 3 is 2.29 bits per heavy atom. The fourth-order valence-electron chi connectivity index (χ4n) is 5.71. The summed E-state index contributed by atoms with van der Waals surface area (Å²) in [6.45, 7) is 15.5. The quantitative estimate of drug-likeness (QED) is 0.241. The van der Waals surface area contributed by atoms with Crippen LogP contribution in [0.15, 0.2) is 75.7 Å². The lowest BCUT2D eigenvalue weighted by Crippen LogP contribution is -2.12. The number of para-hydroxylation sites is 1. The molecule has 3 aromatic heterocycles. The molecule has 0 aliphatic carbocycles. The van der Waals surface area contributed by atoms with Gasteiger partial charge >= 0.3 is 0 Å². The van der Waals surface area contributed by atoms with E-state index in [1.165, 1.54) is 21.9 Å². The lowest BCUT2D eigenvalue weighted by Gasteiger charge is -2.22. The van der Waals surface area contributed by atoms with Crippen LogP contribution in [0.25, 0.3) is 55.3 Å². The average Bonchev–Trinajstić information content (AvgIpc) is 3.38. The lowest BCUT2D eigenvalue weighted by molar-refractivity contribution is 0.496. The number of nitrogens with zero attached hydrogens (tertiary/aromatic N) is 1. The molecule has 0 aliphatic heterocycles. The highest BCUT2D eigenvalue weighted by Crippen LogP contribution is 2.42. The maximum atomic E-state index is 6.72. The number of furan rings is 2. The highest BCUT2D eigenvalue weighted by molar-refractivity contribution is 6.02. The average molecular weight is 502 g/mol. The van der Waals surface area contributed by atoms with Gasteiger partial charge in [-0.25, -0.2) is 0 Å². The molecule has 6 aromatic rings. The van der Waals surface area contributed by atoms with E-state index in [4.69, 9.17) is 13.8 Å². The molecular formula is C35H35NO2. The Labute approximate surface area is 224 Å². The van der Waals surface area contributed by atoms with Crippen LogP contribution < -0.4 is 0 Å². The number of rotatable bonds is 4. The summed E-state index contributed by atoms with van der Waals surface area (Å²) in [5.74, 6) is 2.44. The zero-order valence-electron chi connectivity index (χ0n) is 23.4. The Morgan fingerprint density at radius 1 is 0.789 bits per heavy atom. The van der Waals surface area contributed by atoms with Gasteiger partial charge in [-0.1, -0.05) is 71.0 Å². The Kier molecular flexibility index (Phi) is 5.72. The number of fused-ring (bicyclic) bond motifs is 3. The van der Waals surface area contributed by atoms with E-state index >= 15 is 0 Å². The largest absolute Gasteiger partial charge is 0.460 e. The number of hydrogen-bond acceptors (Lipinski definition) is 3. The molecule has 192 valence electrons. The Bertz CT molecular complexity index is 1820. The van der Waals surface area contributed by atoms with Crippen LogP contribution in [0.2, 0.25) is 0 Å². The summed E-state index contributed by atoms with van der Waals surface area (Å²) in [5, 5.41) is 4.73. The number of pyridine rings is 1. The third-order valence-corrected chi connectivity index (χ3v) is 7.70. The van der Waals surface area contributed by atoms with E-state index in [9.17, 15) is 0 Å². The van der Waals surface area contributed by atoms with Gasteiger partial charge in [0.2, 0.25) is 0 Å². The predicted octanol–water partition coefficient (Wildman–Crippen LogP) is 10.2. The summed E-state index contributed by atoms with van der Waals surface area (Å²) >= 11 is 0. The molecule has 0 fully saturated rings. The summed E-state index contributed by atoms with van der Waals surface area (Å²) in [6.07, 6.45) is 2.82. The highest BCUT2D eigenvalue weighted by Gasteiger charge is 2.23. The van der Waals surface area contributed by atoms with Gasteiger partial charge in [-0.05, 0) is 71.3 Å². The fraction of sp³-hybridized carbons (Fsp3) is 0.286. The van der Waals surface area contributed by atoms with Gasteiger partial charge in [0, 0.05) is 34.5 Å². The highest BCUT2D eigenvalue weighted by atomic mass is 16.4. The minimum atomic E-state index is -0.00572. The molecule has 3 nitrogen and oxygen atoms in total. The molecule has 0 aliphatic rings. The van der Waals surface area contributed by atoms with E-state index in [2.05, 4.69) is 109 Å². The van der Waals surface area contributed by atoms with Crippen molar-refractivity contribution in [2.24, 2.45) is 5.92 Å². The summed E-state index contributed by atoms with van der Waals surface area (Å²) in [6, 6.07) is 21.5. The number of aromatic nitrogens is 1. The van der Waals surface area contributed by atoms with Gasteiger partial charge in [0.1, 0.15) is 22.8 Å². The van der Waals surface area contributed by atoms with Crippen LogP contribution in [-0.2, 0) is 11.8 Å². The molecule has 0 spiro atoms. The minimum absolute atomic E-state index is 0.00572. The van der Waals surface area contributed by atoms with Crippen molar-refractivity contribution in [3.63, 3.8) is 0 Å². The Morgan fingerprint density at radius 2 is 1.53 bits per heavy atom. The molecule has 3 heteroatoms. The van der Waals surface area contributed by atoms with Gasteiger partial charge in [0.15, 0.2) is 5.58 Å². The molecule has 0 N–H and O–H groups in total. The molecule has 3 heterocycles. The molecule has 0 atom stereocenters. The van der Waals surface area contributed by atoms with Crippen molar-refractivity contribution in [2.45, 2.75) is 60.3 Å². The topological polar surface area (TPSA) is 39.2 Å². The Balaban J connectivity index is 1.58. The standard InChI is InChI=1S/C35H35NO2/c1-20(2)17-30-21(3)25-13-10-14-28(33(25)37-30)32-22(4)26-15-16-36-31(34(26)38-32)24-18-23-11-8-9-12-27(23)29(19-24)35(5,6)7/h8-16,18-20H,17H2,1-7H3. The van der Waals surface area contributed by atoms with Crippen molar-refractivity contribution >= 4 is 32.7 Å². The lowest BCUT2D eigenvalue weighted by atomic mass is 9.82. The van der Waals surface area contributed by atoms with Crippen LogP contribution in [0, 0.1) is 19.8 Å². The second-order valence-electron chi connectivity index (χ2n) is 12.0. The molecule has 0 saturated carbocycles. The second-order valence-corrected chi connectivity index (χ2v) is 12.0. The van der Waals surface area contributed by atoms with Crippen LogP contribution in [0.5, 0.6) is 0 Å². The molecular weight excluding hydrogens is 466 g/mol. The molecule has 38 heavy (non-hydrogen) atoms. The minimum Gasteiger partial charge on any atom is -0.460 e. The van der Waals surface area contributed by atoms with Crippen LogP contribution in [-0.4, -0.2) is 4.98 Å². The smallest absolute Gasteiger partial charge is 0.161 e. The van der Waals surface area contributed by atoms with Crippen LogP contribution in [0.1, 0.15) is 57.1 Å². The van der Waals surface area contributed by atoms with Gasteiger partial charge in [-0.3, -0.25) is 4.98 Å². The van der Waals surface area contributed by atoms with Crippen LogP contribution >= 0.6 is 0 Å². The van der Waals surface area contributed by atoms with E-state index in [1.807, 2.05) is 6.20 Å². The summed E-state index contributed by atoms with van der Waals surface area (Å²) < 4.78 is 13.2. The van der Waals surface area contributed by atoms with E-state index in [-0.39, 0.29) is 5.41 Å². The summed E-state index contributed by atoms with van der Waals surface area (Å²) in [4.78, 5) is 4.85. The van der Waals surface area contributed by atoms with Crippen molar-refractivity contribution in [2.75, 3.05) is 0 Å². The first kappa shape index (κ1) is 24.5. The molecule has 0 saturated heterocycles. The maximum Gasteiger partial charge on any atom is 0.161 e. The maximum absolute atomic E-state index is 6.72. The number of aryl methyl sites for hydroxylation is 2. The SMILES string of the molecule is Cc1c(CC(C)C)oc2c(-c3oc4c(-c5cc(C(C)(C)C)c6ccccc6c5)nccc4c3C)cccc12. The van der Waals surface area contributed by atoms with Gasteiger partial charge < -0.3 is 8.83 Å². The van der Waals surface area contributed by atoms with E-state index < -0.39 is 0 Å². The van der Waals surface area contributed by atoms with E-state index in [0.717, 1.165) is 62.3 Å². The van der Waals surface area contributed by atoms with Crippen molar-refractivity contribution in [3.05, 3.63) is 89.3 Å². The van der Waals surface area contributed by atoms with Gasteiger partial charge in [-0.2, -0.15) is 0 Å². The zero-order valence-corrected chi connectivity index (χ0v) is 23.4. The number of hydrogen-bond donors (Lipinski definition) is 0. The summed E-state index contributed by atoms with van der Waals surface area (Å²) in [5.41, 5.74) is 8.28. The fourth-order valence-corrected chi connectivity index (χ4v) is 5.71. The van der Waals surface area contributed by atoms with E-state index in [0.29, 0.717) is 5.92 Å². The second kappa shape index (κ2) is 8.87. The van der Waals surface area contributed by atoms with E-state index in [1.54, 1.807) is 0 Å². The molecule has 0 radical (unpaired) electrons. The van der Waals surface area contributed by atoms with Crippen molar-refractivity contribution in [1.82, 2.24) is 4.98 Å². The first-order valence-electron chi connectivity index (χ1n) is 13.6. The molecule has 3 aromatic carbocycles. The normalized spacial score (nSPS) is 12.4. The first-order chi connectivity index (χ1) is 18.1. The van der Waals surface area contributed by atoms with Crippen molar-refractivity contribution in [3.8, 4) is 22.6 Å². The third-order valence-electron chi connectivity index (χ3n) is 7.70. The number of benzene rings is 3. The van der Waals surface area contributed by atoms with Crippen molar-refractivity contribution in [1.29, 1.82) is 0 Å². The van der Waals surface area contributed by atoms with Crippen molar-refractivity contribution < 1.29 is 8.83 Å². The summed E-state index contributed by atoms with van der Waals surface area (Å²) in [7, 11) is 0. The molecule has 0 bridgehead atoms. The monoisotopic (exact) mass is 501 g/mol. The van der Waals surface area contributed by atoms with Gasteiger partial charge in [0.05, 0.1) is 5.56 Å². The third kappa shape index (κ3) is 3.93. The van der Waals surface area contributed by atoms with Crippen LogP contribution in [0.3, 0.4) is 0 Å². The Hall–Kier alpha value is -3.85. The predicted molar refractivity (Wildman–Crippen MR) is 159 cm³/mol.